The highest BCUT2D eigenvalue weighted by Crippen LogP contribution is 2.44. The first kappa shape index (κ1) is 13.3. The summed E-state index contributed by atoms with van der Waals surface area (Å²) in [5, 5.41) is 3.18. The van der Waals surface area contributed by atoms with Crippen molar-refractivity contribution >= 4 is 5.96 Å². The maximum Gasteiger partial charge on any atom is 0.189 e. The van der Waals surface area contributed by atoms with Crippen molar-refractivity contribution in [1.29, 1.82) is 0 Å². The van der Waals surface area contributed by atoms with Crippen LogP contribution < -0.4 is 11.1 Å². The first-order chi connectivity index (χ1) is 7.16. The molecule has 2 atom stereocenters. The van der Waals surface area contributed by atoms with E-state index in [1.165, 1.54) is 0 Å². The Morgan fingerprint density at radius 3 is 2.38 bits per heavy atom. The zero-order chi connectivity index (χ0) is 12.6. The fourth-order valence-corrected chi connectivity index (χ4v) is 2.07. The van der Waals surface area contributed by atoms with Crippen molar-refractivity contribution in [2.75, 3.05) is 7.11 Å². The standard InChI is InChI=1S/C12H25N3O/c1-11(2,3)15-10(13)14-8-7-9(16-6)12(8,4)5/h8-9H,7H2,1-6H3,(H3,13,14,15). The van der Waals surface area contributed by atoms with Crippen LogP contribution in [0.25, 0.3) is 0 Å². The van der Waals surface area contributed by atoms with Crippen molar-refractivity contribution in [3.63, 3.8) is 0 Å². The lowest BCUT2D eigenvalue weighted by molar-refractivity contribution is -0.0851. The van der Waals surface area contributed by atoms with Gasteiger partial charge in [-0.25, -0.2) is 4.99 Å². The van der Waals surface area contributed by atoms with Gasteiger partial charge >= 0.3 is 0 Å². The monoisotopic (exact) mass is 227 g/mol. The molecule has 0 aliphatic heterocycles. The van der Waals surface area contributed by atoms with Gasteiger partial charge in [-0.15, -0.1) is 0 Å². The van der Waals surface area contributed by atoms with Crippen LogP contribution in [0.15, 0.2) is 4.99 Å². The van der Waals surface area contributed by atoms with Gasteiger partial charge in [0.05, 0.1) is 12.1 Å². The maximum absolute atomic E-state index is 5.88. The molecular formula is C12H25N3O. The van der Waals surface area contributed by atoms with Crippen LogP contribution in [0.5, 0.6) is 0 Å². The average molecular weight is 227 g/mol. The summed E-state index contributed by atoms with van der Waals surface area (Å²) in [6, 6.07) is 0.257. The van der Waals surface area contributed by atoms with Gasteiger partial charge in [-0.2, -0.15) is 0 Å². The van der Waals surface area contributed by atoms with E-state index < -0.39 is 0 Å². The Balaban J connectivity index is 2.59. The molecule has 0 heterocycles. The van der Waals surface area contributed by atoms with Gasteiger partial charge in [0.1, 0.15) is 0 Å². The molecule has 1 fully saturated rings. The fourth-order valence-electron chi connectivity index (χ4n) is 2.07. The van der Waals surface area contributed by atoms with Crippen LogP contribution in [0.2, 0.25) is 0 Å². The minimum Gasteiger partial charge on any atom is -0.381 e. The van der Waals surface area contributed by atoms with Crippen LogP contribution in [0, 0.1) is 5.41 Å². The van der Waals surface area contributed by atoms with Gasteiger partial charge in [-0.3, -0.25) is 0 Å². The summed E-state index contributed by atoms with van der Waals surface area (Å²) in [6.07, 6.45) is 1.25. The number of hydrogen-bond acceptors (Lipinski definition) is 2. The predicted molar refractivity (Wildman–Crippen MR) is 67.5 cm³/mol. The van der Waals surface area contributed by atoms with E-state index in [-0.39, 0.29) is 17.0 Å². The lowest BCUT2D eigenvalue weighted by Crippen LogP contribution is -2.55. The summed E-state index contributed by atoms with van der Waals surface area (Å²) in [5.74, 6) is 0.528. The van der Waals surface area contributed by atoms with Crippen molar-refractivity contribution in [1.82, 2.24) is 5.32 Å². The SMILES string of the molecule is COC1CC(N=C(N)NC(C)(C)C)C1(C)C. The van der Waals surface area contributed by atoms with Crippen LogP contribution in [0.3, 0.4) is 0 Å². The van der Waals surface area contributed by atoms with Gasteiger partial charge < -0.3 is 15.8 Å². The molecule has 1 rings (SSSR count). The topological polar surface area (TPSA) is 59.6 Å². The molecule has 0 aromatic heterocycles. The molecule has 0 saturated heterocycles. The molecule has 4 nitrogen and oxygen atoms in total. The van der Waals surface area contributed by atoms with Gasteiger partial charge in [-0.1, -0.05) is 13.8 Å². The van der Waals surface area contributed by atoms with Crippen molar-refractivity contribution < 1.29 is 4.74 Å². The third-order valence-electron chi connectivity index (χ3n) is 3.21. The predicted octanol–water partition coefficient (Wildman–Crippen LogP) is 1.50. The largest absolute Gasteiger partial charge is 0.381 e. The number of rotatable bonds is 2. The van der Waals surface area contributed by atoms with E-state index in [1.54, 1.807) is 7.11 Å². The van der Waals surface area contributed by atoms with Crippen LogP contribution in [-0.2, 0) is 4.74 Å². The minimum absolute atomic E-state index is 0.0396. The van der Waals surface area contributed by atoms with E-state index >= 15 is 0 Å². The second-order valence-corrected chi connectivity index (χ2v) is 6.19. The number of nitrogens with one attached hydrogen (secondary N) is 1. The van der Waals surface area contributed by atoms with E-state index in [1.807, 2.05) is 0 Å². The van der Waals surface area contributed by atoms with Crippen LogP contribution in [0.4, 0.5) is 0 Å². The van der Waals surface area contributed by atoms with Gasteiger partial charge in [0, 0.05) is 18.1 Å². The molecule has 0 aromatic carbocycles. The van der Waals surface area contributed by atoms with Crippen LogP contribution >= 0.6 is 0 Å². The zero-order valence-electron chi connectivity index (χ0n) is 11.3. The number of hydrogen-bond donors (Lipinski definition) is 2. The molecule has 16 heavy (non-hydrogen) atoms. The van der Waals surface area contributed by atoms with Crippen molar-refractivity contribution in [2.45, 2.75) is 58.7 Å². The molecule has 94 valence electrons. The highest BCUT2D eigenvalue weighted by atomic mass is 16.5. The second-order valence-electron chi connectivity index (χ2n) is 6.19. The van der Waals surface area contributed by atoms with Gasteiger partial charge in [-0.05, 0) is 27.2 Å². The molecule has 0 radical (unpaired) electrons. The summed E-state index contributed by atoms with van der Waals surface area (Å²) in [7, 11) is 1.75. The Morgan fingerprint density at radius 1 is 1.44 bits per heavy atom. The maximum atomic E-state index is 5.88. The molecule has 1 aliphatic carbocycles. The molecule has 2 unspecified atom stereocenters. The number of guanidine groups is 1. The van der Waals surface area contributed by atoms with Crippen molar-refractivity contribution in [3.8, 4) is 0 Å². The minimum atomic E-state index is -0.0396. The molecule has 0 spiro atoms. The van der Waals surface area contributed by atoms with Gasteiger partial charge in [0.25, 0.3) is 0 Å². The molecule has 3 N–H and O–H groups in total. The Labute approximate surface area is 98.6 Å². The van der Waals surface area contributed by atoms with E-state index in [0.29, 0.717) is 12.1 Å². The Kier molecular flexibility index (Phi) is 3.53. The molecular weight excluding hydrogens is 202 g/mol. The van der Waals surface area contributed by atoms with E-state index in [0.717, 1.165) is 6.42 Å². The molecule has 0 aromatic rings. The van der Waals surface area contributed by atoms with E-state index in [9.17, 15) is 0 Å². The molecule has 0 bridgehead atoms. The second kappa shape index (κ2) is 4.24. The average Bonchev–Trinajstić information content (AvgIpc) is 2.08. The van der Waals surface area contributed by atoms with E-state index in [2.05, 4.69) is 44.9 Å². The summed E-state index contributed by atoms with van der Waals surface area (Å²) < 4.78 is 5.38. The first-order valence-corrected chi connectivity index (χ1v) is 5.81. The number of nitrogens with zero attached hydrogens (tertiary/aromatic N) is 1. The quantitative estimate of drug-likeness (QED) is 0.555. The molecule has 1 saturated carbocycles. The summed E-state index contributed by atoms with van der Waals surface area (Å²) in [4.78, 5) is 4.52. The smallest absolute Gasteiger partial charge is 0.189 e. The third kappa shape index (κ3) is 2.88. The fraction of sp³-hybridized carbons (Fsp3) is 0.917. The molecule has 4 heteroatoms. The highest BCUT2D eigenvalue weighted by molar-refractivity contribution is 5.78. The molecule has 1 aliphatic rings. The lowest BCUT2D eigenvalue weighted by atomic mass is 9.65. The van der Waals surface area contributed by atoms with Crippen molar-refractivity contribution in [3.05, 3.63) is 0 Å². The number of ether oxygens (including phenoxy) is 1. The van der Waals surface area contributed by atoms with Gasteiger partial charge in [0.15, 0.2) is 5.96 Å². The summed E-state index contributed by atoms with van der Waals surface area (Å²) >= 11 is 0. The van der Waals surface area contributed by atoms with Crippen LogP contribution in [0.1, 0.15) is 41.0 Å². The molecule has 0 amide bonds. The normalized spacial score (nSPS) is 29.8. The Morgan fingerprint density at radius 2 is 2.00 bits per heavy atom. The third-order valence-corrected chi connectivity index (χ3v) is 3.21. The zero-order valence-corrected chi connectivity index (χ0v) is 11.3. The van der Waals surface area contributed by atoms with Gasteiger partial charge in [0.2, 0.25) is 0 Å². The summed E-state index contributed by atoms with van der Waals surface area (Å²) in [5.41, 5.74) is 5.92. The van der Waals surface area contributed by atoms with E-state index in [4.69, 9.17) is 10.5 Å². The highest BCUT2D eigenvalue weighted by Gasteiger charge is 2.48. The lowest BCUT2D eigenvalue weighted by Gasteiger charge is -2.49. The number of aliphatic imine (C=N–C) groups is 1. The Bertz CT molecular complexity index is 278. The number of nitrogens with two attached hydrogens (primary N) is 1. The van der Waals surface area contributed by atoms with Crippen LogP contribution in [-0.4, -0.2) is 30.8 Å². The number of methoxy groups -OCH3 is 1. The first-order valence-electron chi connectivity index (χ1n) is 5.81. The van der Waals surface area contributed by atoms with Crippen molar-refractivity contribution in [2.24, 2.45) is 16.1 Å². The summed E-state index contributed by atoms with van der Waals surface area (Å²) in [6.45, 7) is 10.5. The Hall–Kier alpha value is -0.770.